The Morgan fingerprint density at radius 3 is 1.83 bits per heavy atom. The minimum atomic E-state index is -0.538. The molecule has 0 spiro atoms. The Kier molecular flexibility index (Phi) is 11.2. The molecule has 136 valence electrons. The molecule has 0 rings (SSSR count). The Morgan fingerprint density at radius 1 is 1.09 bits per heavy atom. The van der Waals surface area contributed by atoms with Gasteiger partial charge in [0, 0.05) is 28.2 Å². The highest BCUT2D eigenvalue weighted by atomic mass is 35.5. The lowest BCUT2D eigenvalue weighted by atomic mass is 10.2. The van der Waals surface area contributed by atoms with Crippen molar-refractivity contribution < 1.29 is 23.9 Å². The average molecular weight is 354 g/mol. The van der Waals surface area contributed by atoms with Gasteiger partial charge in [0.1, 0.15) is 12.2 Å². The zero-order valence-electron chi connectivity index (χ0n) is 15.1. The van der Waals surface area contributed by atoms with Crippen LogP contribution in [-0.2, 0) is 9.47 Å². The van der Waals surface area contributed by atoms with E-state index in [0.29, 0.717) is 0 Å². The Balaban J connectivity index is 0. The van der Waals surface area contributed by atoms with Crippen LogP contribution in [-0.4, -0.2) is 73.8 Å². The summed E-state index contributed by atoms with van der Waals surface area (Å²) in [7, 11) is 6.37. The maximum Gasteiger partial charge on any atom is 0.409 e. The van der Waals surface area contributed by atoms with E-state index in [0.717, 1.165) is 0 Å². The van der Waals surface area contributed by atoms with Gasteiger partial charge < -0.3 is 24.6 Å². The number of carbonyl (C=O) groups is 3. The van der Waals surface area contributed by atoms with Crippen molar-refractivity contribution in [3.8, 4) is 0 Å². The Labute approximate surface area is 143 Å². The molecule has 0 aromatic carbocycles. The molecule has 0 saturated carbocycles. The van der Waals surface area contributed by atoms with Crippen LogP contribution in [0.25, 0.3) is 0 Å². The lowest BCUT2D eigenvalue weighted by Crippen LogP contribution is -2.40. The highest BCUT2D eigenvalue weighted by Crippen LogP contribution is 2.06. The fraction of sp³-hybridized carbons (Fsp3) is 0.786. The summed E-state index contributed by atoms with van der Waals surface area (Å²) in [6.07, 6.45) is -0.964. The van der Waals surface area contributed by atoms with E-state index in [1.807, 2.05) is 0 Å². The largest absolute Gasteiger partial charge is 0.447 e. The number of alkyl carbamates (subject to hydrolysis) is 1. The first-order valence-corrected chi connectivity index (χ1v) is 7.34. The van der Waals surface area contributed by atoms with Crippen molar-refractivity contribution in [1.82, 2.24) is 15.1 Å². The predicted octanol–water partition coefficient (Wildman–Crippen LogP) is 2.50. The van der Waals surface area contributed by atoms with Gasteiger partial charge in [0.15, 0.2) is 0 Å². The van der Waals surface area contributed by atoms with Gasteiger partial charge in [0.25, 0.3) is 0 Å². The number of hydrogen-bond donors (Lipinski definition) is 1. The number of halogens is 1. The fourth-order valence-corrected chi connectivity index (χ4v) is 0.876. The third-order valence-electron chi connectivity index (χ3n) is 1.94. The van der Waals surface area contributed by atoms with Crippen LogP contribution in [0.15, 0.2) is 0 Å². The number of nitrogens with one attached hydrogen (secondary N) is 1. The quantitative estimate of drug-likeness (QED) is 0.622. The van der Waals surface area contributed by atoms with Gasteiger partial charge in [-0.3, -0.25) is 4.79 Å². The van der Waals surface area contributed by atoms with E-state index < -0.39 is 23.2 Å². The lowest BCUT2D eigenvalue weighted by Gasteiger charge is -2.22. The molecule has 0 saturated heterocycles. The zero-order chi connectivity index (χ0) is 18.8. The molecule has 8 nitrogen and oxygen atoms in total. The summed E-state index contributed by atoms with van der Waals surface area (Å²) in [4.78, 5) is 34.9. The van der Waals surface area contributed by atoms with Crippen molar-refractivity contribution in [2.24, 2.45) is 0 Å². The van der Waals surface area contributed by atoms with Crippen molar-refractivity contribution in [2.45, 2.75) is 39.3 Å². The summed E-state index contributed by atoms with van der Waals surface area (Å²) in [5, 5.41) is 2.14. The first kappa shape index (κ1) is 23.6. The van der Waals surface area contributed by atoms with Gasteiger partial charge in [-0.2, -0.15) is 0 Å². The Morgan fingerprint density at radius 2 is 1.52 bits per heavy atom. The van der Waals surface area contributed by atoms with Crippen LogP contribution < -0.4 is 5.32 Å². The van der Waals surface area contributed by atoms with E-state index in [1.165, 1.54) is 9.80 Å². The maximum absolute atomic E-state index is 11.4. The number of carbonyl (C=O) groups excluding carboxylic acids is 3. The molecule has 0 fully saturated rings. The lowest BCUT2D eigenvalue weighted by molar-refractivity contribution is 0.0470. The van der Waals surface area contributed by atoms with Gasteiger partial charge in [0.2, 0.25) is 0 Å². The second-order valence-corrected chi connectivity index (χ2v) is 6.49. The van der Waals surface area contributed by atoms with Gasteiger partial charge >= 0.3 is 17.6 Å². The fourth-order valence-electron chi connectivity index (χ4n) is 0.876. The summed E-state index contributed by atoms with van der Waals surface area (Å²) in [5.74, 6) is 0. The highest BCUT2D eigenvalue weighted by Gasteiger charge is 2.18. The van der Waals surface area contributed by atoms with Crippen LogP contribution in [0.1, 0.15) is 27.7 Å². The van der Waals surface area contributed by atoms with E-state index >= 15 is 0 Å². The molecule has 9 heteroatoms. The summed E-state index contributed by atoms with van der Waals surface area (Å²) in [6.45, 7) is 7.18. The Bertz CT molecular complexity index is 394. The number of amides is 3. The van der Waals surface area contributed by atoms with Crippen molar-refractivity contribution in [3.05, 3.63) is 0 Å². The van der Waals surface area contributed by atoms with E-state index in [2.05, 4.69) is 5.32 Å². The van der Waals surface area contributed by atoms with Crippen molar-refractivity contribution in [1.29, 1.82) is 0 Å². The number of hydrogen-bond acceptors (Lipinski definition) is 5. The molecule has 1 unspecified atom stereocenters. The number of ether oxygens (including phenoxy) is 2. The van der Waals surface area contributed by atoms with Crippen molar-refractivity contribution >= 4 is 29.2 Å². The SMILES string of the molecule is CC(COC(=O)N(C)C)NC(=O)OC(C)(C)C.CN(C)C(=O)Cl. The van der Waals surface area contributed by atoms with Gasteiger partial charge in [-0.15, -0.1) is 0 Å². The van der Waals surface area contributed by atoms with E-state index in [9.17, 15) is 14.4 Å². The van der Waals surface area contributed by atoms with Crippen molar-refractivity contribution in [3.63, 3.8) is 0 Å². The molecule has 3 amide bonds. The maximum atomic E-state index is 11.4. The third-order valence-corrected chi connectivity index (χ3v) is 2.27. The first-order valence-electron chi connectivity index (χ1n) is 6.96. The van der Waals surface area contributed by atoms with Crippen molar-refractivity contribution in [2.75, 3.05) is 34.8 Å². The van der Waals surface area contributed by atoms with Gasteiger partial charge in [-0.1, -0.05) is 0 Å². The molecule has 0 radical (unpaired) electrons. The molecule has 0 aromatic rings. The molecule has 0 bridgehead atoms. The highest BCUT2D eigenvalue weighted by molar-refractivity contribution is 6.62. The topological polar surface area (TPSA) is 88.2 Å². The van der Waals surface area contributed by atoms with Crippen LogP contribution in [0.2, 0.25) is 0 Å². The standard InChI is InChI=1S/C11H22N2O4.C3H6ClNO/c1-8(7-16-10(15)13(5)6)12-9(14)17-11(2,3)4;1-5(2)3(4)6/h8H,7H2,1-6H3,(H,12,14);1-2H3. The zero-order valence-corrected chi connectivity index (χ0v) is 15.9. The predicted molar refractivity (Wildman–Crippen MR) is 88.8 cm³/mol. The smallest absolute Gasteiger partial charge is 0.409 e. The second kappa shape index (κ2) is 10.9. The molecule has 0 aliphatic heterocycles. The molecule has 0 aromatic heterocycles. The molecule has 23 heavy (non-hydrogen) atoms. The molecular weight excluding hydrogens is 326 g/mol. The third kappa shape index (κ3) is 16.5. The van der Waals surface area contributed by atoms with E-state index in [4.69, 9.17) is 21.1 Å². The monoisotopic (exact) mass is 353 g/mol. The summed E-state index contributed by atoms with van der Waals surface area (Å²) >= 11 is 4.90. The van der Waals surface area contributed by atoms with Gasteiger partial charge in [0.05, 0.1) is 6.04 Å². The summed E-state index contributed by atoms with van der Waals surface area (Å²) in [5.41, 5.74) is -0.538. The minimum Gasteiger partial charge on any atom is -0.447 e. The summed E-state index contributed by atoms with van der Waals surface area (Å²) in [6, 6.07) is -0.297. The van der Waals surface area contributed by atoms with Crippen LogP contribution in [0.3, 0.4) is 0 Å². The first-order chi connectivity index (χ1) is 10.3. The molecule has 0 heterocycles. The average Bonchev–Trinajstić information content (AvgIpc) is 2.33. The van der Waals surface area contributed by atoms with E-state index in [-0.39, 0.29) is 12.6 Å². The van der Waals surface area contributed by atoms with E-state index in [1.54, 1.807) is 55.9 Å². The normalized spacial score (nSPS) is 11.3. The van der Waals surface area contributed by atoms with Crippen LogP contribution in [0.4, 0.5) is 14.4 Å². The molecule has 1 atom stereocenters. The van der Waals surface area contributed by atoms with Crippen LogP contribution >= 0.6 is 11.6 Å². The number of rotatable bonds is 3. The second-order valence-electron chi connectivity index (χ2n) is 6.17. The summed E-state index contributed by atoms with van der Waals surface area (Å²) < 4.78 is 9.97. The van der Waals surface area contributed by atoms with Crippen LogP contribution in [0, 0.1) is 0 Å². The minimum absolute atomic E-state index is 0.107. The van der Waals surface area contributed by atoms with Gasteiger partial charge in [-0.05, 0) is 39.3 Å². The molecule has 0 aliphatic rings. The Hall–Kier alpha value is -1.70. The van der Waals surface area contributed by atoms with Crippen LogP contribution in [0.5, 0.6) is 0 Å². The molecule has 0 aliphatic carbocycles. The number of nitrogens with zero attached hydrogens (tertiary/aromatic N) is 2. The molecular formula is C14H28ClN3O5. The molecule has 1 N–H and O–H groups in total. The van der Waals surface area contributed by atoms with Gasteiger partial charge in [-0.25, -0.2) is 9.59 Å².